The third-order valence-corrected chi connectivity index (χ3v) is 2.03. The molecule has 0 spiro atoms. The molecule has 15 heavy (non-hydrogen) atoms. The highest BCUT2D eigenvalue weighted by Crippen LogP contribution is 1.93. The summed E-state index contributed by atoms with van der Waals surface area (Å²) < 4.78 is 0. The van der Waals surface area contributed by atoms with Crippen molar-refractivity contribution >= 4 is 5.91 Å². The van der Waals surface area contributed by atoms with Crippen LogP contribution >= 0.6 is 0 Å². The Labute approximate surface area is 90.1 Å². The van der Waals surface area contributed by atoms with Crippen molar-refractivity contribution in [1.82, 2.24) is 15.6 Å². The summed E-state index contributed by atoms with van der Waals surface area (Å²) in [5.74, 6) is 0.0836. The van der Waals surface area contributed by atoms with Gasteiger partial charge in [0.25, 0.3) is 0 Å². The van der Waals surface area contributed by atoms with Crippen molar-refractivity contribution in [2.75, 3.05) is 20.1 Å². The first-order valence-corrected chi connectivity index (χ1v) is 5.14. The first-order chi connectivity index (χ1) is 7.33. The summed E-state index contributed by atoms with van der Waals surface area (Å²) in [6.07, 6.45) is 3.07. The quantitative estimate of drug-likeness (QED) is 0.707. The van der Waals surface area contributed by atoms with Gasteiger partial charge in [0.15, 0.2) is 0 Å². The number of pyridine rings is 1. The van der Waals surface area contributed by atoms with Crippen LogP contribution in [0, 0.1) is 0 Å². The van der Waals surface area contributed by atoms with Gasteiger partial charge in [0, 0.05) is 37.8 Å². The maximum absolute atomic E-state index is 11.2. The number of nitrogens with zero attached hydrogens (tertiary/aromatic N) is 1. The molecular formula is C11H17N3O. The van der Waals surface area contributed by atoms with Gasteiger partial charge >= 0.3 is 0 Å². The lowest BCUT2D eigenvalue weighted by Crippen LogP contribution is -2.28. The molecule has 0 aliphatic heterocycles. The summed E-state index contributed by atoms with van der Waals surface area (Å²) in [6.45, 7) is 1.37. The Balaban J connectivity index is 2.14. The minimum Gasteiger partial charge on any atom is -0.356 e. The Bertz CT molecular complexity index is 287. The Morgan fingerprint density at radius 3 is 2.93 bits per heavy atom. The predicted molar refractivity (Wildman–Crippen MR) is 59.5 cm³/mol. The van der Waals surface area contributed by atoms with Crippen LogP contribution in [-0.4, -0.2) is 31.0 Å². The Hall–Kier alpha value is -1.42. The van der Waals surface area contributed by atoms with Gasteiger partial charge in [-0.05, 0) is 19.2 Å². The minimum absolute atomic E-state index is 0.0836. The van der Waals surface area contributed by atoms with E-state index in [1.165, 1.54) is 0 Å². The lowest BCUT2D eigenvalue weighted by molar-refractivity contribution is -0.120. The molecule has 0 radical (unpaired) electrons. The number of carbonyl (C=O) groups is 1. The number of aromatic nitrogens is 1. The van der Waals surface area contributed by atoms with E-state index < -0.39 is 0 Å². The molecule has 0 bridgehead atoms. The van der Waals surface area contributed by atoms with E-state index in [0.29, 0.717) is 13.0 Å². The second kappa shape index (κ2) is 6.95. The SMILES string of the molecule is CNCCC(=O)NCCc1ccccn1. The van der Waals surface area contributed by atoms with E-state index in [1.54, 1.807) is 6.20 Å². The highest BCUT2D eigenvalue weighted by atomic mass is 16.1. The Morgan fingerprint density at radius 2 is 2.27 bits per heavy atom. The van der Waals surface area contributed by atoms with Crippen molar-refractivity contribution in [3.63, 3.8) is 0 Å². The molecule has 1 aromatic rings. The van der Waals surface area contributed by atoms with Gasteiger partial charge in [-0.15, -0.1) is 0 Å². The van der Waals surface area contributed by atoms with Gasteiger partial charge < -0.3 is 10.6 Å². The van der Waals surface area contributed by atoms with Gasteiger partial charge in [-0.25, -0.2) is 0 Å². The molecule has 1 amide bonds. The summed E-state index contributed by atoms with van der Waals surface area (Å²) in [5.41, 5.74) is 1.01. The van der Waals surface area contributed by atoms with Crippen molar-refractivity contribution in [3.05, 3.63) is 30.1 Å². The van der Waals surface area contributed by atoms with Gasteiger partial charge in [0.1, 0.15) is 0 Å². The van der Waals surface area contributed by atoms with Crippen LogP contribution < -0.4 is 10.6 Å². The fourth-order valence-corrected chi connectivity index (χ4v) is 1.20. The molecular weight excluding hydrogens is 190 g/mol. The van der Waals surface area contributed by atoms with Crippen molar-refractivity contribution in [1.29, 1.82) is 0 Å². The Morgan fingerprint density at radius 1 is 1.40 bits per heavy atom. The third kappa shape index (κ3) is 5.12. The summed E-state index contributed by atoms with van der Waals surface area (Å²) >= 11 is 0. The predicted octanol–water partition coefficient (Wildman–Crippen LogP) is 0.350. The Kier molecular flexibility index (Phi) is 5.40. The molecule has 0 aliphatic carbocycles. The highest BCUT2D eigenvalue weighted by Gasteiger charge is 1.99. The average Bonchev–Trinajstić information content (AvgIpc) is 2.28. The fourth-order valence-electron chi connectivity index (χ4n) is 1.20. The summed E-state index contributed by atoms with van der Waals surface area (Å²) in [4.78, 5) is 15.4. The zero-order chi connectivity index (χ0) is 10.9. The molecule has 0 saturated heterocycles. The van der Waals surface area contributed by atoms with E-state index in [-0.39, 0.29) is 5.91 Å². The van der Waals surface area contributed by atoms with E-state index in [1.807, 2.05) is 25.2 Å². The summed E-state index contributed by atoms with van der Waals surface area (Å²) in [5, 5.41) is 5.78. The lowest BCUT2D eigenvalue weighted by Gasteiger charge is -2.04. The van der Waals surface area contributed by atoms with Crippen molar-refractivity contribution in [2.24, 2.45) is 0 Å². The smallest absolute Gasteiger partial charge is 0.221 e. The van der Waals surface area contributed by atoms with Crippen LogP contribution in [0.15, 0.2) is 24.4 Å². The molecule has 0 aromatic carbocycles. The number of hydrogen-bond acceptors (Lipinski definition) is 3. The van der Waals surface area contributed by atoms with E-state index in [9.17, 15) is 4.79 Å². The molecule has 1 rings (SSSR count). The maximum atomic E-state index is 11.2. The largest absolute Gasteiger partial charge is 0.356 e. The van der Waals surface area contributed by atoms with Gasteiger partial charge in [-0.3, -0.25) is 9.78 Å². The van der Waals surface area contributed by atoms with Crippen LogP contribution in [0.3, 0.4) is 0 Å². The number of rotatable bonds is 6. The van der Waals surface area contributed by atoms with Crippen molar-refractivity contribution in [2.45, 2.75) is 12.8 Å². The molecule has 0 saturated carbocycles. The van der Waals surface area contributed by atoms with Gasteiger partial charge in [0.05, 0.1) is 0 Å². The van der Waals surface area contributed by atoms with Crippen LogP contribution in [0.5, 0.6) is 0 Å². The van der Waals surface area contributed by atoms with E-state index in [0.717, 1.165) is 18.7 Å². The zero-order valence-corrected chi connectivity index (χ0v) is 8.99. The first-order valence-electron chi connectivity index (χ1n) is 5.14. The van der Waals surface area contributed by atoms with Crippen molar-refractivity contribution in [3.8, 4) is 0 Å². The second-order valence-corrected chi connectivity index (χ2v) is 3.27. The molecule has 4 heteroatoms. The van der Waals surface area contributed by atoms with Crippen molar-refractivity contribution < 1.29 is 4.79 Å². The van der Waals surface area contributed by atoms with Crippen LogP contribution in [0.25, 0.3) is 0 Å². The first kappa shape index (κ1) is 11.7. The fraction of sp³-hybridized carbons (Fsp3) is 0.455. The number of carbonyl (C=O) groups excluding carboxylic acids is 1. The maximum Gasteiger partial charge on any atom is 0.221 e. The molecule has 82 valence electrons. The summed E-state index contributed by atoms with van der Waals surface area (Å²) in [7, 11) is 1.83. The number of amides is 1. The molecule has 0 unspecified atom stereocenters. The molecule has 0 fully saturated rings. The average molecular weight is 207 g/mol. The molecule has 0 atom stereocenters. The van der Waals surface area contributed by atoms with Crippen LogP contribution in [0.2, 0.25) is 0 Å². The molecule has 4 nitrogen and oxygen atoms in total. The molecule has 1 aromatic heterocycles. The normalized spacial score (nSPS) is 9.93. The minimum atomic E-state index is 0.0836. The third-order valence-electron chi connectivity index (χ3n) is 2.03. The standard InChI is InChI=1S/C11H17N3O/c1-12-8-6-11(15)14-9-5-10-4-2-3-7-13-10/h2-4,7,12H,5-6,8-9H2,1H3,(H,14,15). The number of hydrogen-bond donors (Lipinski definition) is 2. The molecule has 0 aliphatic rings. The van der Waals surface area contributed by atoms with Crippen LogP contribution in [-0.2, 0) is 11.2 Å². The zero-order valence-electron chi connectivity index (χ0n) is 8.99. The van der Waals surface area contributed by atoms with Gasteiger partial charge in [0.2, 0.25) is 5.91 Å². The van der Waals surface area contributed by atoms with Crippen LogP contribution in [0.1, 0.15) is 12.1 Å². The van der Waals surface area contributed by atoms with Crippen LogP contribution in [0.4, 0.5) is 0 Å². The van der Waals surface area contributed by atoms with E-state index in [2.05, 4.69) is 15.6 Å². The van der Waals surface area contributed by atoms with E-state index in [4.69, 9.17) is 0 Å². The van der Waals surface area contributed by atoms with Gasteiger partial charge in [-0.1, -0.05) is 6.07 Å². The van der Waals surface area contributed by atoms with Gasteiger partial charge in [-0.2, -0.15) is 0 Å². The summed E-state index contributed by atoms with van der Waals surface area (Å²) in [6, 6.07) is 5.79. The van der Waals surface area contributed by atoms with E-state index >= 15 is 0 Å². The monoisotopic (exact) mass is 207 g/mol. The lowest BCUT2D eigenvalue weighted by atomic mass is 10.2. The topological polar surface area (TPSA) is 54.0 Å². The number of nitrogens with one attached hydrogen (secondary N) is 2. The highest BCUT2D eigenvalue weighted by molar-refractivity contribution is 5.76. The molecule has 1 heterocycles. The molecule has 2 N–H and O–H groups in total. The second-order valence-electron chi connectivity index (χ2n) is 3.27.